The Kier molecular flexibility index (Phi) is 6.88. The standard InChI is InChI=1S/C25H35F3N2O4/c1-23(2)13-18-21(19(31)14-23)24(25(26,27)28,22(33)30(18)15-17-9-6-12-34-17)29-20(32)11-10-16-7-4-3-5-8-16/h16-17H,3-15H2,1-2H3,(H,29,32). The van der Waals surface area contributed by atoms with E-state index in [0.717, 1.165) is 43.4 Å². The number of carbonyl (C=O) groups excluding carboxylic acids is 3. The number of halogens is 3. The minimum atomic E-state index is -5.15. The Bertz CT molecular complexity index is 870. The van der Waals surface area contributed by atoms with Crippen LogP contribution in [0.15, 0.2) is 11.3 Å². The number of carbonyl (C=O) groups is 3. The summed E-state index contributed by atoms with van der Waals surface area (Å²) in [5.41, 5.74) is -4.41. The molecule has 0 bridgehead atoms. The van der Waals surface area contributed by atoms with Crippen molar-refractivity contribution in [2.24, 2.45) is 11.3 Å². The van der Waals surface area contributed by atoms with Crippen LogP contribution in [0, 0.1) is 11.3 Å². The van der Waals surface area contributed by atoms with E-state index in [0.29, 0.717) is 25.4 Å². The molecule has 2 amide bonds. The number of alkyl halides is 3. The second-order valence-corrected chi connectivity index (χ2v) is 11.2. The summed E-state index contributed by atoms with van der Waals surface area (Å²) < 4.78 is 49.9. The van der Waals surface area contributed by atoms with Crippen LogP contribution in [-0.4, -0.2) is 53.5 Å². The van der Waals surface area contributed by atoms with Crippen molar-refractivity contribution in [2.75, 3.05) is 13.2 Å². The van der Waals surface area contributed by atoms with Crippen LogP contribution in [0.25, 0.3) is 0 Å². The Morgan fingerprint density at radius 2 is 1.79 bits per heavy atom. The number of hydrogen-bond acceptors (Lipinski definition) is 4. The van der Waals surface area contributed by atoms with E-state index in [2.05, 4.69) is 5.32 Å². The molecule has 2 aliphatic carbocycles. The summed E-state index contributed by atoms with van der Waals surface area (Å²) in [4.78, 5) is 40.7. The Hall–Kier alpha value is -1.90. The molecule has 2 unspecified atom stereocenters. The molecule has 2 aliphatic heterocycles. The molecule has 2 atom stereocenters. The Balaban J connectivity index is 1.66. The van der Waals surface area contributed by atoms with Crippen molar-refractivity contribution < 1.29 is 32.3 Å². The third-order valence-corrected chi connectivity index (χ3v) is 7.79. The fraction of sp³-hybridized carbons (Fsp3) is 0.800. The number of ether oxygens (including phenoxy) is 1. The summed E-state index contributed by atoms with van der Waals surface area (Å²) in [6.45, 7) is 4.06. The van der Waals surface area contributed by atoms with E-state index < -0.39 is 40.3 Å². The van der Waals surface area contributed by atoms with Crippen LogP contribution < -0.4 is 5.32 Å². The molecule has 9 heteroatoms. The average molecular weight is 485 g/mol. The second-order valence-electron chi connectivity index (χ2n) is 11.2. The zero-order valence-corrected chi connectivity index (χ0v) is 20.1. The molecule has 34 heavy (non-hydrogen) atoms. The Morgan fingerprint density at radius 1 is 1.09 bits per heavy atom. The van der Waals surface area contributed by atoms with E-state index in [1.807, 2.05) is 0 Å². The van der Waals surface area contributed by atoms with Crippen LogP contribution >= 0.6 is 0 Å². The summed E-state index contributed by atoms with van der Waals surface area (Å²) in [6.07, 6.45) is 1.52. The molecule has 1 saturated carbocycles. The van der Waals surface area contributed by atoms with Gasteiger partial charge in [-0.25, -0.2) is 0 Å². The normalized spacial score (nSPS) is 30.1. The van der Waals surface area contributed by atoms with Gasteiger partial charge < -0.3 is 15.0 Å². The molecule has 6 nitrogen and oxygen atoms in total. The minimum Gasteiger partial charge on any atom is -0.376 e. The van der Waals surface area contributed by atoms with E-state index in [9.17, 15) is 27.6 Å². The third-order valence-electron chi connectivity index (χ3n) is 7.79. The summed E-state index contributed by atoms with van der Waals surface area (Å²) in [5.74, 6) is -2.53. The zero-order chi connectivity index (χ0) is 24.7. The van der Waals surface area contributed by atoms with Gasteiger partial charge >= 0.3 is 6.18 Å². The highest BCUT2D eigenvalue weighted by Gasteiger charge is 2.71. The summed E-state index contributed by atoms with van der Waals surface area (Å²) in [6, 6.07) is 0. The smallest absolute Gasteiger partial charge is 0.376 e. The van der Waals surface area contributed by atoms with Crippen molar-refractivity contribution in [3.05, 3.63) is 11.3 Å². The highest BCUT2D eigenvalue weighted by Crippen LogP contribution is 2.52. The minimum absolute atomic E-state index is 0.0448. The first-order valence-electron chi connectivity index (χ1n) is 12.5. The predicted octanol–water partition coefficient (Wildman–Crippen LogP) is 4.43. The molecule has 1 saturated heterocycles. The van der Waals surface area contributed by atoms with Gasteiger partial charge in [-0.15, -0.1) is 0 Å². The van der Waals surface area contributed by atoms with E-state index in [4.69, 9.17) is 4.74 Å². The number of nitrogens with zero attached hydrogens (tertiary/aromatic N) is 1. The van der Waals surface area contributed by atoms with Gasteiger partial charge in [-0.1, -0.05) is 46.0 Å². The van der Waals surface area contributed by atoms with Crippen molar-refractivity contribution >= 4 is 17.6 Å². The first-order valence-corrected chi connectivity index (χ1v) is 12.5. The van der Waals surface area contributed by atoms with E-state index in [1.165, 1.54) is 0 Å². The monoisotopic (exact) mass is 484 g/mol. The Morgan fingerprint density at radius 3 is 2.41 bits per heavy atom. The molecule has 2 heterocycles. The number of rotatable bonds is 6. The summed E-state index contributed by atoms with van der Waals surface area (Å²) in [5, 5.41) is 2.06. The van der Waals surface area contributed by atoms with Gasteiger partial charge in [-0.2, -0.15) is 13.2 Å². The third kappa shape index (κ3) is 4.64. The lowest BCUT2D eigenvalue weighted by atomic mass is 9.72. The molecule has 0 aromatic carbocycles. The topological polar surface area (TPSA) is 75.7 Å². The van der Waals surface area contributed by atoms with Crippen LogP contribution in [0.5, 0.6) is 0 Å². The molecular formula is C25H35F3N2O4. The molecule has 0 aromatic rings. The van der Waals surface area contributed by atoms with Crippen LogP contribution in [0.1, 0.15) is 84.5 Å². The maximum Gasteiger partial charge on any atom is 0.425 e. The van der Waals surface area contributed by atoms with Gasteiger partial charge in [0, 0.05) is 25.1 Å². The van der Waals surface area contributed by atoms with Crippen molar-refractivity contribution in [2.45, 2.75) is 102 Å². The number of ketones is 1. The largest absolute Gasteiger partial charge is 0.425 e. The van der Waals surface area contributed by atoms with Crippen LogP contribution in [0.3, 0.4) is 0 Å². The molecule has 2 fully saturated rings. The molecule has 4 rings (SSSR count). The maximum absolute atomic E-state index is 14.8. The number of allylic oxidation sites excluding steroid dienone is 1. The number of amides is 2. The number of hydrogen-bond donors (Lipinski definition) is 1. The quantitative estimate of drug-likeness (QED) is 0.605. The van der Waals surface area contributed by atoms with Crippen molar-refractivity contribution in [1.29, 1.82) is 0 Å². The van der Waals surface area contributed by atoms with E-state index in [1.54, 1.807) is 13.8 Å². The molecule has 1 N–H and O–H groups in total. The van der Waals surface area contributed by atoms with Gasteiger partial charge in [0.1, 0.15) is 0 Å². The lowest BCUT2D eigenvalue weighted by Gasteiger charge is -2.35. The Labute approximate surface area is 198 Å². The summed E-state index contributed by atoms with van der Waals surface area (Å²) >= 11 is 0. The molecular weight excluding hydrogens is 449 g/mol. The van der Waals surface area contributed by atoms with Crippen LogP contribution in [-0.2, 0) is 19.1 Å². The number of nitrogens with one attached hydrogen (secondary N) is 1. The second kappa shape index (κ2) is 9.28. The van der Waals surface area contributed by atoms with E-state index >= 15 is 0 Å². The predicted molar refractivity (Wildman–Crippen MR) is 118 cm³/mol. The van der Waals surface area contributed by atoms with Crippen molar-refractivity contribution in [1.82, 2.24) is 10.2 Å². The van der Waals surface area contributed by atoms with Crippen molar-refractivity contribution in [3.63, 3.8) is 0 Å². The molecule has 4 aliphatic rings. The first-order chi connectivity index (χ1) is 15.9. The van der Waals surface area contributed by atoms with Gasteiger partial charge in [0.25, 0.3) is 5.91 Å². The molecule has 0 aromatic heterocycles. The number of Topliss-reactive ketones (excluding diaryl/α,β-unsaturated/α-hetero) is 1. The van der Waals surface area contributed by atoms with Crippen molar-refractivity contribution in [3.8, 4) is 0 Å². The molecule has 190 valence electrons. The van der Waals surface area contributed by atoms with Gasteiger partial charge in [0.15, 0.2) is 5.78 Å². The van der Waals surface area contributed by atoms with Crippen LogP contribution in [0.2, 0.25) is 0 Å². The van der Waals surface area contributed by atoms with Crippen LogP contribution in [0.4, 0.5) is 13.2 Å². The lowest BCUT2D eigenvalue weighted by molar-refractivity contribution is -0.195. The van der Waals surface area contributed by atoms with Gasteiger partial charge in [-0.3, -0.25) is 14.4 Å². The SMILES string of the molecule is CC1(C)CC(=O)C2=C(C1)N(CC1CCCO1)C(=O)C2(NC(=O)CCC1CCCCC1)C(F)(F)F. The molecule has 0 spiro atoms. The van der Waals surface area contributed by atoms with Gasteiger partial charge in [0.05, 0.1) is 18.2 Å². The fourth-order valence-corrected chi connectivity index (χ4v) is 6.09. The highest BCUT2D eigenvalue weighted by atomic mass is 19.4. The maximum atomic E-state index is 14.8. The summed E-state index contributed by atoms with van der Waals surface area (Å²) in [7, 11) is 0. The van der Waals surface area contributed by atoms with E-state index in [-0.39, 0.29) is 37.6 Å². The average Bonchev–Trinajstić information content (AvgIpc) is 3.33. The zero-order valence-electron chi connectivity index (χ0n) is 20.1. The fourth-order valence-electron chi connectivity index (χ4n) is 6.09. The highest BCUT2D eigenvalue weighted by molar-refractivity contribution is 6.13. The lowest BCUT2D eigenvalue weighted by Crippen LogP contribution is -2.66. The first kappa shape index (κ1) is 25.2. The molecule has 0 radical (unpaired) electrons. The van der Waals surface area contributed by atoms with Gasteiger partial charge in [-0.05, 0) is 37.0 Å². The van der Waals surface area contributed by atoms with Gasteiger partial charge in [0.2, 0.25) is 11.4 Å².